The van der Waals surface area contributed by atoms with Crippen LogP contribution in [0.2, 0.25) is 0 Å². The number of ether oxygens (including phenoxy) is 2. The van der Waals surface area contributed by atoms with Crippen molar-refractivity contribution in [1.82, 2.24) is 5.32 Å². The molecule has 0 radical (unpaired) electrons. The van der Waals surface area contributed by atoms with Crippen LogP contribution in [0.25, 0.3) is 0 Å². The van der Waals surface area contributed by atoms with Crippen molar-refractivity contribution < 1.29 is 24.2 Å². The molecule has 0 bridgehead atoms. The van der Waals surface area contributed by atoms with Crippen molar-refractivity contribution in [2.45, 2.75) is 39.0 Å². The molecule has 2 unspecified atom stereocenters. The van der Waals surface area contributed by atoms with Gasteiger partial charge in [0, 0.05) is 14.2 Å². The lowest BCUT2D eigenvalue weighted by molar-refractivity contribution is -0.148. The molecule has 6 heteroatoms. The molecule has 0 aliphatic heterocycles. The summed E-state index contributed by atoms with van der Waals surface area (Å²) in [7, 11) is 2.99. The predicted octanol–water partition coefficient (Wildman–Crippen LogP) is 0.857. The predicted molar refractivity (Wildman–Crippen MR) is 68.4 cm³/mol. The zero-order valence-corrected chi connectivity index (χ0v) is 11.9. The zero-order valence-electron chi connectivity index (χ0n) is 11.9. The first-order chi connectivity index (χ1) is 8.90. The molecule has 1 aliphatic carbocycles. The normalized spacial score (nSPS) is 28.4. The summed E-state index contributed by atoms with van der Waals surface area (Å²) < 4.78 is 10.1. The highest BCUT2D eigenvalue weighted by Crippen LogP contribution is 2.36. The zero-order chi connectivity index (χ0) is 14.6. The third-order valence-electron chi connectivity index (χ3n) is 3.70. The summed E-state index contributed by atoms with van der Waals surface area (Å²) in [5, 5.41) is 11.9. The Morgan fingerprint density at radius 2 is 1.74 bits per heavy atom. The van der Waals surface area contributed by atoms with Gasteiger partial charge in [-0.05, 0) is 25.7 Å². The first kappa shape index (κ1) is 15.9. The fraction of sp³-hybridized carbons (Fsp3) is 0.846. The van der Waals surface area contributed by atoms with Crippen LogP contribution in [0.4, 0.5) is 0 Å². The van der Waals surface area contributed by atoms with E-state index in [1.54, 1.807) is 6.92 Å². The SMILES string of the molecule is COC(OC)C(C)NC(=O)[C@H]1CC(C)C[C@H]1C(=O)O. The average molecular weight is 273 g/mol. The van der Waals surface area contributed by atoms with Gasteiger partial charge in [0.2, 0.25) is 5.91 Å². The van der Waals surface area contributed by atoms with Crippen LogP contribution >= 0.6 is 0 Å². The van der Waals surface area contributed by atoms with Gasteiger partial charge in [0.15, 0.2) is 6.29 Å². The van der Waals surface area contributed by atoms with Crippen LogP contribution in [-0.4, -0.2) is 43.5 Å². The minimum absolute atomic E-state index is 0.233. The van der Waals surface area contributed by atoms with Crippen LogP contribution in [0, 0.1) is 17.8 Å². The molecule has 1 aliphatic rings. The number of nitrogens with one attached hydrogen (secondary N) is 1. The molecular formula is C13H23NO5. The van der Waals surface area contributed by atoms with Crippen molar-refractivity contribution in [3.63, 3.8) is 0 Å². The van der Waals surface area contributed by atoms with E-state index in [2.05, 4.69) is 5.32 Å². The lowest BCUT2D eigenvalue weighted by atomic mass is 9.95. The van der Waals surface area contributed by atoms with E-state index in [0.717, 1.165) is 0 Å². The van der Waals surface area contributed by atoms with Gasteiger partial charge in [0.05, 0.1) is 17.9 Å². The van der Waals surface area contributed by atoms with Crippen molar-refractivity contribution in [3.8, 4) is 0 Å². The molecule has 0 aromatic rings. The number of hydrogen-bond donors (Lipinski definition) is 2. The van der Waals surface area contributed by atoms with E-state index >= 15 is 0 Å². The minimum Gasteiger partial charge on any atom is -0.481 e. The molecule has 0 saturated heterocycles. The van der Waals surface area contributed by atoms with Gasteiger partial charge in [-0.1, -0.05) is 6.92 Å². The Morgan fingerprint density at radius 1 is 1.21 bits per heavy atom. The third-order valence-corrected chi connectivity index (χ3v) is 3.70. The smallest absolute Gasteiger partial charge is 0.307 e. The van der Waals surface area contributed by atoms with Gasteiger partial charge in [0.1, 0.15) is 0 Å². The summed E-state index contributed by atoms with van der Waals surface area (Å²) in [6.07, 6.45) is 0.631. The van der Waals surface area contributed by atoms with Gasteiger partial charge < -0.3 is 19.9 Å². The fourth-order valence-corrected chi connectivity index (χ4v) is 2.76. The highest BCUT2D eigenvalue weighted by Gasteiger charge is 2.41. The van der Waals surface area contributed by atoms with Crippen molar-refractivity contribution in [2.24, 2.45) is 17.8 Å². The molecule has 0 aromatic heterocycles. The molecule has 1 rings (SSSR count). The quantitative estimate of drug-likeness (QED) is 0.701. The van der Waals surface area contributed by atoms with Crippen LogP contribution in [-0.2, 0) is 19.1 Å². The second-order valence-corrected chi connectivity index (χ2v) is 5.26. The molecule has 6 nitrogen and oxygen atoms in total. The van der Waals surface area contributed by atoms with E-state index in [0.29, 0.717) is 12.8 Å². The van der Waals surface area contributed by atoms with E-state index < -0.39 is 24.1 Å². The Bertz CT molecular complexity index is 329. The van der Waals surface area contributed by atoms with Gasteiger partial charge in [-0.15, -0.1) is 0 Å². The number of methoxy groups -OCH3 is 2. The van der Waals surface area contributed by atoms with E-state index in [9.17, 15) is 9.59 Å². The van der Waals surface area contributed by atoms with Crippen molar-refractivity contribution in [1.29, 1.82) is 0 Å². The minimum atomic E-state index is -0.896. The van der Waals surface area contributed by atoms with E-state index in [-0.39, 0.29) is 17.9 Å². The Balaban J connectivity index is 2.64. The number of carboxylic acids is 1. The summed E-state index contributed by atoms with van der Waals surface area (Å²) in [4.78, 5) is 23.3. The standard InChI is InChI=1S/C13H23NO5/c1-7-5-9(10(6-7)12(16)17)11(15)14-8(2)13(18-3)19-4/h7-10,13H,5-6H2,1-4H3,(H,14,15)(H,16,17)/t7?,8?,9-,10+/m0/s1. The topological polar surface area (TPSA) is 84.9 Å². The van der Waals surface area contributed by atoms with Crippen LogP contribution in [0.5, 0.6) is 0 Å². The Morgan fingerprint density at radius 3 is 2.21 bits per heavy atom. The molecule has 0 aromatic carbocycles. The molecule has 0 spiro atoms. The lowest BCUT2D eigenvalue weighted by Crippen LogP contribution is -2.46. The summed E-state index contributed by atoms with van der Waals surface area (Å²) in [6, 6.07) is -0.326. The number of carboxylic acid groups (broad SMARTS) is 1. The Labute approximate surface area is 113 Å². The maximum atomic E-state index is 12.2. The van der Waals surface area contributed by atoms with E-state index in [1.165, 1.54) is 14.2 Å². The third kappa shape index (κ3) is 3.91. The van der Waals surface area contributed by atoms with Gasteiger partial charge in [-0.3, -0.25) is 9.59 Å². The number of carbonyl (C=O) groups excluding carboxylic acids is 1. The molecule has 1 saturated carbocycles. The van der Waals surface area contributed by atoms with Crippen molar-refractivity contribution in [2.75, 3.05) is 14.2 Å². The second-order valence-electron chi connectivity index (χ2n) is 5.26. The highest BCUT2D eigenvalue weighted by atomic mass is 16.7. The second kappa shape index (κ2) is 6.86. The molecular weight excluding hydrogens is 250 g/mol. The first-order valence-corrected chi connectivity index (χ1v) is 6.49. The Hall–Kier alpha value is -1.14. The summed E-state index contributed by atoms with van der Waals surface area (Å²) >= 11 is 0. The van der Waals surface area contributed by atoms with Gasteiger partial charge in [-0.25, -0.2) is 0 Å². The number of carbonyl (C=O) groups is 2. The molecule has 1 fully saturated rings. The summed E-state index contributed by atoms with van der Waals surface area (Å²) in [5.74, 6) is -1.93. The van der Waals surface area contributed by atoms with E-state index in [4.69, 9.17) is 14.6 Å². The molecule has 1 amide bonds. The average Bonchev–Trinajstić information content (AvgIpc) is 2.73. The highest BCUT2D eigenvalue weighted by molar-refractivity contribution is 5.85. The summed E-state index contributed by atoms with van der Waals surface area (Å²) in [6.45, 7) is 3.74. The van der Waals surface area contributed by atoms with Crippen LogP contribution in [0.3, 0.4) is 0 Å². The van der Waals surface area contributed by atoms with E-state index in [1.807, 2.05) is 6.92 Å². The molecule has 4 atom stereocenters. The van der Waals surface area contributed by atoms with Crippen molar-refractivity contribution in [3.05, 3.63) is 0 Å². The Kier molecular flexibility index (Phi) is 5.75. The lowest BCUT2D eigenvalue weighted by Gasteiger charge is -2.24. The van der Waals surface area contributed by atoms with Crippen molar-refractivity contribution >= 4 is 11.9 Å². The molecule has 0 heterocycles. The molecule has 19 heavy (non-hydrogen) atoms. The number of hydrogen-bond acceptors (Lipinski definition) is 4. The summed E-state index contributed by atoms with van der Waals surface area (Å²) in [5.41, 5.74) is 0. The van der Waals surface area contributed by atoms with Crippen LogP contribution < -0.4 is 5.32 Å². The number of amides is 1. The largest absolute Gasteiger partial charge is 0.481 e. The molecule has 110 valence electrons. The maximum Gasteiger partial charge on any atom is 0.307 e. The van der Waals surface area contributed by atoms with Gasteiger partial charge in [-0.2, -0.15) is 0 Å². The first-order valence-electron chi connectivity index (χ1n) is 6.49. The van der Waals surface area contributed by atoms with Crippen LogP contribution in [0.15, 0.2) is 0 Å². The maximum absolute atomic E-state index is 12.2. The van der Waals surface area contributed by atoms with Gasteiger partial charge >= 0.3 is 5.97 Å². The fourth-order valence-electron chi connectivity index (χ4n) is 2.76. The number of aliphatic carboxylic acids is 1. The van der Waals surface area contributed by atoms with Gasteiger partial charge in [0.25, 0.3) is 0 Å². The number of rotatable bonds is 6. The monoisotopic (exact) mass is 273 g/mol. The van der Waals surface area contributed by atoms with Crippen LogP contribution in [0.1, 0.15) is 26.7 Å². The molecule has 2 N–H and O–H groups in total.